The van der Waals surface area contributed by atoms with Gasteiger partial charge in [0, 0.05) is 28.3 Å². The fraction of sp³-hybridized carbons (Fsp3) is 0.636. The molecule has 86 valence electrons. The Bertz CT molecular complexity index is 277. The highest BCUT2D eigenvalue weighted by molar-refractivity contribution is 9.10. The molecule has 0 aliphatic heterocycles. The Balaban J connectivity index is 2.46. The Kier molecular flexibility index (Phi) is 6.89. The van der Waals surface area contributed by atoms with E-state index < -0.39 is 0 Å². The molecule has 0 atom stereocenters. The maximum atomic E-state index is 5.81. The molecular formula is C11H17BrClNS. The van der Waals surface area contributed by atoms with Crippen LogP contribution in [0.25, 0.3) is 0 Å². The summed E-state index contributed by atoms with van der Waals surface area (Å²) in [5.41, 5.74) is 0. The van der Waals surface area contributed by atoms with Gasteiger partial charge < -0.3 is 0 Å². The minimum Gasteiger partial charge on any atom is -0.297 e. The van der Waals surface area contributed by atoms with Crippen molar-refractivity contribution in [1.29, 1.82) is 0 Å². The number of nitrogens with zero attached hydrogens (tertiary/aromatic N) is 1. The molecule has 0 saturated heterocycles. The van der Waals surface area contributed by atoms with Gasteiger partial charge in [0.25, 0.3) is 0 Å². The van der Waals surface area contributed by atoms with Crippen LogP contribution in [0.1, 0.15) is 24.6 Å². The third-order valence-electron chi connectivity index (χ3n) is 2.29. The van der Waals surface area contributed by atoms with Crippen LogP contribution in [0.3, 0.4) is 0 Å². The molecule has 0 bridgehead atoms. The maximum absolute atomic E-state index is 5.81. The van der Waals surface area contributed by atoms with Gasteiger partial charge in [0.2, 0.25) is 0 Å². The predicted molar refractivity (Wildman–Crippen MR) is 72.9 cm³/mol. The standard InChI is InChI=1S/C11H17BrClNS/c1-2-3-6-14(7-5-13)9-11-10(12)4-8-15-11/h4,8H,2-3,5-7,9H2,1H3. The molecule has 0 aliphatic carbocycles. The van der Waals surface area contributed by atoms with E-state index in [4.69, 9.17) is 11.6 Å². The SMILES string of the molecule is CCCCN(CCCl)Cc1sccc1Br. The van der Waals surface area contributed by atoms with Crippen LogP contribution >= 0.6 is 38.9 Å². The number of unbranched alkanes of at least 4 members (excludes halogenated alkanes) is 1. The van der Waals surface area contributed by atoms with E-state index >= 15 is 0 Å². The van der Waals surface area contributed by atoms with Crippen molar-refractivity contribution in [2.45, 2.75) is 26.3 Å². The van der Waals surface area contributed by atoms with Gasteiger partial charge in [0.1, 0.15) is 0 Å². The lowest BCUT2D eigenvalue weighted by Gasteiger charge is -2.20. The lowest BCUT2D eigenvalue weighted by molar-refractivity contribution is 0.279. The number of alkyl halides is 1. The smallest absolute Gasteiger partial charge is 0.0351 e. The molecule has 1 heterocycles. The maximum Gasteiger partial charge on any atom is 0.0351 e. The average Bonchev–Trinajstić information content (AvgIpc) is 2.61. The molecule has 1 aromatic rings. The largest absolute Gasteiger partial charge is 0.297 e. The fourth-order valence-electron chi connectivity index (χ4n) is 1.41. The van der Waals surface area contributed by atoms with Gasteiger partial charge in [-0.3, -0.25) is 4.90 Å². The van der Waals surface area contributed by atoms with E-state index in [-0.39, 0.29) is 0 Å². The van der Waals surface area contributed by atoms with E-state index in [1.807, 2.05) is 0 Å². The zero-order chi connectivity index (χ0) is 11.1. The molecular weight excluding hydrogens is 294 g/mol. The third kappa shape index (κ3) is 4.85. The highest BCUT2D eigenvalue weighted by Gasteiger charge is 2.08. The molecule has 0 N–H and O–H groups in total. The minimum absolute atomic E-state index is 0.715. The number of hydrogen-bond donors (Lipinski definition) is 0. The first kappa shape index (κ1) is 13.5. The summed E-state index contributed by atoms with van der Waals surface area (Å²) in [4.78, 5) is 3.82. The Labute approximate surface area is 110 Å². The zero-order valence-electron chi connectivity index (χ0n) is 9.01. The van der Waals surface area contributed by atoms with Crippen molar-refractivity contribution in [2.24, 2.45) is 0 Å². The van der Waals surface area contributed by atoms with Crippen molar-refractivity contribution in [3.63, 3.8) is 0 Å². The molecule has 1 aromatic heterocycles. The lowest BCUT2D eigenvalue weighted by atomic mass is 10.3. The third-order valence-corrected chi connectivity index (χ3v) is 4.37. The summed E-state index contributed by atoms with van der Waals surface area (Å²) in [7, 11) is 0. The number of halogens is 2. The van der Waals surface area contributed by atoms with E-state index in [0.29, 0.717) is 5.88 Å². The Morgan fingerprint density at radius 3 is 2.80 bits per heavy atom. The van der Waals surface area contributed by atoms with Gasteiger partial charge in [-0.05, 0) is 40.3 Å². The van der Waals surface area contributed by atoms with Crippen LogP contribution < -0.4 is 0 Å². The van der Waals surface area contributed by atoms with Crippen molar-refractivity contribution < 1.29 is 0 Å². The summed E-state index contributed by atoms with van der Waals surface area (Å²) in [5.74, 6) is 0.715. The summed E-state index contributed by atoms with van der Waals surface area (Å²) in [5, 5.41) is 2.12. The van der Waals surface area contributed by atoms with Crippen molar-refractivity contribution in [1.82, 2.24) is 4.90 Å². The molecule has 1 rings (SSSR count). The van der Waals surface area contributed by atoms with Gasteiger partial charge >= 0.3 is 0 Å². The molecule has 15 heavy (non-hydrogen) atoms. The van der Waals surface area contributed by atoms with Gasteiger partial charge in [-0.15, -0.1) is 22.9 Å². The fourth-order valence-corrected chi connectivity index (χ4v) is 3.17. The second-order valence-corrected chi connectivity index (χ2v) is 5.74. The first-order valence-electron chi connectivity index (χ1n) is 5.28. The molecule has 0 spiro atoms. The van der Waals surface area contributed by atoms with Crippen LogP contribution in [0.4, 0.5) is 0 Å². The topological polar surface area (TPSA) is 3.24 Å². The second kappa shape index (κ2) is 7.66. The second-order valence-electron chi connectivity index (χ2n) is 3.51. The van der Waals surface area contributed by atoms with E-state index in [1.165, 1.54) is 22.2 Å². The molecule has 0 saturated carbocycles. The van der Waals surface area contributed by atoms with E-state index in [9.17, 15) is 0 Å². The van der Waals surface area contributed by atoms with Crippen LogP contribution in [-0.2, 0) is 6.54 Å². The summed E-state index contributed by atoms with van der Waals surface area (Å²) >= 11 is 11.2. The Morgan fingerprint density at radius 2 is 2.27 bits per heavy atom. The predicted octanol–water partition coefficient (Wildman–Crippen LogP) is 4.35. The Hall–Kier alpha value is 0.430. The molecule has 0 aromatic carbocycles. The van der Waals surface area contributed by atoms with Crippen molar-refractivity contribution >= 4 is 38.9 Å². The zero-order valence-corrected chi connectivity index (χ0v) is 12.2. The molecule has 0 unspecified atom stereocenters. The van der Waals surface area contributed by atoms with Crippen molar-refractivity contribution in [3.05, 3.63) is 20.8 Å². The van der Waals surface area contributed by atoms with Crippen LogP contribution in [-0.4, -0.2) is 23.9 Å². The van der Waals surface area contributed by atoms with E-state index in [0.717, 1.165) is 19.6 Å². The molecule has 1 nitrogen and oxygen atoms in total. The van der Waals surface area contributed by atoms with E-state index in [1.54, 1.807) is 11.3 Å². The monoisotopic (exact) mass is 309 g/mol. The number of hydrogen-bond acceptors (Lipinski definition) is 2. The minimum atomic E-state index is 0.715. The first-order valence-corrected chi connectivity index (χ1v) is 7.48. The lowest BCUT2D eigenvalue weighted by Crippen LogP contribution is -2.26. The van der Waals surface area contributed by atoms with Gasteiger partial charge in [0.05, 0.1) is 0 Å². The summed E-state index contributed by atoms with van der Waals surface area (Å²) in [6.07, 6.45) is 2.49. The molecule has 0 aliphatic rings. The molecule has 0 amide bonds. The van der Waals surface area contributed by atoms with Crippen molar-refractivity contribution in [2.75, 3.05) is 19.0 Å². The highest BCUT2D eigenvalue weighted by Crippen LogP contribution is 2.24. The van der Waals surface area contributed by atoms with Gasteiger partial charge in [-0.25, -0.2) is 0 Å². The summed E-state index contributed by atoms with van der Waals surface area (Å²) in [6.45, 7) is 5.37. The highest BCUT2D eigenvalue weighted by atomic mass is 79.9. The molecule has 4 heteroatoms. The quantitative estimate of drug-likeness (QED) is 0.677. The van der Waals surface area contributed by atoms with Crippen LogP contribution in [0.15, 0.2) is 15.9 Å². The van der Waals surface area contributed by atoms with Crippen LogP contribution in [0.5, 0.6) is 0 Å². The Morgan fingerprint density at radius 1 is 1.47 bits per heavy atom. The molecule has 0 radical (unpaired) electrons. The number of thiophene rings is 1. The number of rotatable bonds is 7. The first-order chi connectivity index (χ1) is 7.27. The van der Waals surface area contributed by atoms with E-state index in [2.05, 4.69) is 39.2 Å². The van der Waals surface area contributed by atoms with Crippen LogP contribution in [0.2, 0.25) is 0 Å². The summed E-state index contributed by atoms with van der Waals surface area (Å²) < 4.78 is 1.23. The van der Waals surface area contributed by atoms with Gasteiger partial charge in [-0.2, -0.15) is 0 Å². The van der Waals surface area contributed by atoms with Gasteiger partial charge in [-0.1, -0.05) is 13.3 Å². The van der Waals surface area contributed by atoms with Crippen LogP contribution in [0, 0.1) is 0 Å². The normalized spacial score (nSPS) is 11.2. The summed E-state index contributed by atoms with van der Waals surface area (Å²) in [6, 6.07) is 2.11. The van der Waals surface area contributed by atoms with Gasteiger partial charge in [0.15, 0.2) is 0 Å². The van der Waals surface area contributed by atoms with Crippen molar-refractivity contribution in [3.8, 4) is 0 Å². The average molecular weight is 311 g/mol. The molecule has 0 fully saturated rings.